The van der Waals surface area contributed by atoms with E-state index in [1.165, 1.54) is 6.07 Å². The highest BCUT2D eigenvalue weighted by Crippen LogP contribution is 2.70. The van der Waals surface area contributed by atoms with Crippen molar-refractivity contribution in [2.24, 2.45) is 34.5 Å². The Hall–Kier alpha value is -2.78. The molecule has 5 N–H and O–H groups in total. The van der Waals surface area contributed by atoms with E-state index in [2.05, 4.69) is 19.2 Å². The van der Waals surface area contributed by atoms with Gasteiger partial charge in [0.1, 0.15) is 12.3 Å². The second-order valence-corrected chi connectivity index (χ2v) is 21.8. The molecule has 5 aliphatic carbocycles. The summed E-state index contributed by atoms with van der Waals surface area (Å²) in [5.41, 5.74) is -1.05. The number of aliphatic hydroxyl groups is 2. The quantitative estimate of drug-likeness (QED) is 0.0782. The first kappa shape index (κ1) is 47.2. The molecule has 1 saturated heterocycles. The minimum atomic E-state index is -4.96. The molecule has 10 atom stereocenters. The molecule has 6 aliphatic rings. The number of hydrogen-bond donors (Lipinski definition) is 5. The molecule has 0 spiro atoms. The molecule has 0 amide bonds. The van der Waals surface area contributed by atoms with Gasteiger partial charge in [0.25, 0.3) is 0 Å². The van der Waals surface area contributed by atoms with Crippen molar-refractivity contribution in [3.05, 3.63) is 53.1 Å². The number of esters is 1. The first-order valence-corrected chi connectivity index (χ1v) is 24.4. The Balaban J connectivity index is 1.12. The van der Waals surface area contributed by atoms with Gasteiger partial charge in [-0.25, -0.2) is 9.36 Å². The summed E-state index contributed by atoms with van der Waals surface area (Å²) >= 11 is 0. The van der Waals surface area contributed by atoms with Gasteiger partial charge >= 0.3 is 13.8 Å². The summed E-state index contributed by atoms with van der Waals surface area (Å²) in [4.78, 5) is 61.0. The van der Waals surface area contributed by atoms with E-state index in [1.54, 1.807) is 24.3 Å². The van der Waals surface area contributed by atoms with Crippen molar-refractivity contribution >= 4 is 25.4 Å². The Morgan fingerprint density at radius 1 is 1.08 bits per heavy atom. The number of carbonyl (C=O) groups is 3. The smallest absolute Gasteiger partial charge is 0.453 e. The Morgan fingerprint density at radius 2 is 1.79 bits per heavy atom. The predicted octanol–water partition coefficient (Wildman–Crippen LogP) is 6.00. The summed E-state index contributed by atoms with van der Waals surface area (Å²) in [6.45, 7) is 14.4. The zero-order valence-electron chi connectivity index (χ0n) is 37.6. The third-order valence-corrected chi connectivity index (χ3v) is 16.3. The third kappa shape index (κ3) is 8.94. The summed E-state index contributed by atoms with van der Waals surface area (Å²) in [6, 6.07) is 4.64. The summed E-state index contributed by atoms with van der Waals surface area (Å²) in [5, 5.41) is 26.6. The fourth-order valence-electron chi connectivity index (χ4n) is 12.5. The van der Waals surface area contributed by atoms with Crippen LogP contribution in [0.2, 0.25) is 0 Å². The van der Waals surface area contributed by atoms with Gasteiger partial charge in [0.2, 0.25) is 5.78 Å². The number of hydrogen-bond acceptors (Lipinski definition) is 11. The van der Waals surface area contributed by atoms with E-state index in [1.807, 2.05) is 40.7 Å². The highest BCUT2D eigenvalue weighted by Gasteiger charge is 2.76. The summed E-state index contributed by atoms with van der Waals surface area (Å²) < 4.78 is 37.1. The number of phosphoric ester groups is 1. The molecule has 5 unspecified atom stereocenters. The number of nitrogens with zero attached hydrogens (tertiary/aromatic N) is 1. The zero-order valence-corrected chi connectivity index (χ0v) is 38.5. The molecule has 0 bridgehead atoms. The Bertz CT molecular complexity index is 1980. The van der Waals surface area contributed by atoms with Crippen molar-refractivity contribution in [2.45, 2.75) is 149 Å². The van der Waals surface area contributed by atoms with Gasteiger partial charge in [-0.3, -0.25) is 19.4 Å². The van der Waals surface area contributed by atoms with Crippen LogP contribution in [0.3, 0.4) is 0 Å². The van der Waals surface area contributed by atoms with Gasteiger partial charge in [-0.15, -0.1) is 0 Å². The minimum Gasteiger partial charge on any atom is -0.453 e. The average molecular weight is 886 g/mol. The molecule has 5 fully saturated rings. The molecule has 62 heavy (non-hydrogen) atoms. The van der Waals surface area contributed by atoms with E-state index >= 15 is 4.79 Å². The lowest BCUT2D eigenvalue weighted by molar-refractivity contribution is -0.931. The lowest BCUT2D eigenvalue weighted by atomic mass is 9.46. The molecule has 1 aromatic carbocycles. The number of benzene rings is 1. The molecule has 15 heteroatoms. The molecule has 1 aromatic rings. The normalized spacial score (nSPS) is 34.1. The standard InChI is InChI=1S/C47H69N2O12P/c1-8-49(9-2,26-31-21-30(37(52)25-48-44(3,4)5)15-18-38(31)61-62(55,56)57)27-41(54)58-28-39(53)47-40(59-43(60-47)29-13-11-10-12-14-29)23-35-34-17-16-32-22-33(50)19-20-45(32,6)42(34)36(51)24-46(35,47)7/h15,18-22,29,34-37,40,42-43,48,51-52H,8-14,16-17,23-28H2,1-7H3,(H-,55,56,57)/p+1/t34?,35?,36?,37?,40-,42?,43-,45+,46+,47-/m1/s1. The number of nitrogens with one attached hydrogen (secondary N) is 1. The fraction of sp³-hybridized carbons (Fsp3) is 0.723. The van der Waals surface area contributed by atoms with Crippen LogP contribution in [-0.2, 0) is 39.7 Å². The highest BCUT2D eigenvalue weighted by atomic mass is 31.2. The first-order valence-electron chi connectivity index (χ1n) is 22.9. The maximum Gasteiger partial charge on any atom is 0.524 e. The number of ketones is 2. The van der Waals surface area contributed by atoms with Gasteiger partial charge in [0.15, 0.2) is 30.8 Å². The van der Waals surface area contributed by atoms with Crippen molar-refractivity contribution < 1.29 is 62.2 Å². The van der Waals surface area contributed by atoms with E-state index in [-0.39, 0.29) is 70.6 Å². The number of carbonyl (C=O) groups excluding carboxylic acids is 3. The van der Waals surface area contributed by atoms with Crippen molar-refractivity contribution in [3.63, 3.8) is 0 Å². The van der Waals surface area contributed by atoms with E-state index < -0.39 is 61.4 Å². The molecule has 4 saturated carbocycles. The lowest BCUT2D eigenvalue weighted by Crippen LogP contribution is -2.64. The number of β-amino-alcohol motifs (C(OH)–C–C–N with tert-alkyl or cyclic N) is 1. The van der Waals surface area contributed by atoms with Gasteiger partial charge in [-0.2, -0.15) is 0 Å². The van der Waals surface area contributed by atoms with Crippen LogP contribution in [0, 0.1) is 34.5 Å². The number of phosphoric acid groups is 1. The largest absolute Gasteiger partial charge is 0.524 e. The first-order chi connectivity index (χ1) is 29.1. The van der Waals surface area contributed by atoms with Crippen LogP contribution in [0.4, 0.5) is 0 Å². The molecular formula is C47H70N2O12P+. The fourth-order valence-corrected chi connectivity index (χ4v) is 13.0. The van der Waals surface area contributed by atoms with Crippen LogP contribution in [0.5, 0.6) is 5.75 Å². The van der Waals surface area contributed by atoms with Crippen LogP contribution < -0.4 is 9.84 Å². The Kier molecular flexibility index (Phi) is 13.4. The number of likely N-dealkylation sites (N-methyl/N-ethyl adjacent to an activating group) is 1. The Morgan fingerprint density at radius 3 is 2.45 bits per heavy atom. The van der Waals surface area contributed by atoms with Gasteiger partial charge in [0, 0.05) is 40.3 Å². The Labute approximate surface area is 366 Å². The van der Waals surface area contributed by atoms with Crippen molar-refractivity contribution in [1.82, 2.24) is 5.32 Å². The summed E-state index contributed by atoms with van der Waals surface area (Å²) in [6.07, 6.45) is 9.96. The number of Topliss-reactive ketones (excluding diaryl/α,β-unsaturated/α-hetero) is 1. The number of aliphatic hydroxyl groups excluding tert-OH is 2. The number of fused-ring (bicyclic) bond motifs is 7. The maximum atomic E-state index is 15.1. The maximum absolute atomic E-state index is 15.1. The van der Waals surface area contributed by atoms with Crippen molar-refractivity contribution in [2.75, 3.05) is 32.8 Å². The summed E-state index contributed by atoms with van der Waals surface area (Å²) in [5.74, 6) is -1.07. The van der Waals surface area contributed by atoms with E-state index in [0.717, 1.165) is 50.5 Å². The third-order valence-electron chi connectivity index (χ3n) is 15.9. The average Bonchev–Trinajstić information content (AvgIpc) is 3.72. The summed E-state index contributed by atoms with van der Waals surface area (Å²) in [7, 11) is -4.96. The van der Waals surface area contributed by atoms with Gasteiger partial charge < -0.3 is 38.7 Å². The number of allylic oxidation sites excluding steroid dienone is 4. The topological polar surface area (TPSA) is 198 Å². The van der Waals surface area contributed by atoms with Crippen LogP contribution >= 0.6 is 7.82 Å². The van der Waals surface area contributed by atoms with Crippen LogP contribution in [0.25, 0.3) is 0 Å². The van der Waals surface area contributed by atoms with Crippen LogP contribution in [0.1, 0.15) is 123 Å². The van der Waals surface area contributed by atoms with Crippen molar-refractivity contribution in [3.8, 4) is 5.75 Å². The monoisotopic (exact) mass is 885 g/mol. The highest BCUT2D eigenvalue weighted by molar-refractivity contribution is 7.46. The van der Waals surface area contributed by atoms with Crippen molar-refractivity contribution in [1.29, 1.82) is 0 Å². The van der Waals surface area contributed by atoms with Crippen LogP contribution in [-0.4, -0.2) is 104 Å². The van der Waals surface area contributed by atoms with Gasteiger partial charge in [-0.05, 0) is 115 Å². The predicted molar refractivity (Wildman–Crippen MR) is 230 cm³/mol. The molecule has 14 nitrogen and oxygen atoms in total. The molecule has 0 radical (unpaired) electrons. The van der Waals surface area contributed by atoms with Gasteiger partial charge in [0.05, 0.1) is 31.4 Å². The van der Waals surface area contributed by atoms with E-state index in [4.69, 9.17) is 18.7 Å². The zero-order chi connectivity index (χ0) is 45.0. The number of rotatable bonds is 15. The van der Waals surface area contributed by atoms with Crippen LogP contribution in [0.15, 0.2) is 42.0 Å². The SMILES string of the molecule is CC[N+](CC)(CC(=O)OCC(=O)[C@@]12O[C@H](C3CCCCC3)O[C@@H]1CC1C3CCC4=CC(=O)C=C[C@]4(C)C3C(O)C[C@@]12C)Cc1cc(C(O)CNC(C)(C)C)ccc1OP(=O)(O)O. The van der Waals surface area contributed by atoms with E-state index in [9.17, 15) is 34.2 Å². The molecule has 1 aliphatic heterocycles. The number of quaternary nitrogens is 1. The molecular weight excluding hydrogens is 815 g/mol. The second kappa shape index (κ2) is 17.5. The molecule has 0 aromatic heterocycles. The molecule has 344 valence electrons. The molecule has 1 heterocycles. The van der Waals surface area contributed by atoms with E-state index in [0.29, 0.717) is 37.1 Å². The molecule has 7 rings (SSSR count). The second-order valence-electron chi connectivity index (χ2n) is 20.7. The number of ether oxygens (including phenoxy) is 3. The van der Waals surface area contributed by atoms with Gasteiger partial charge in [-0.1, -0.05) is 50.8 Å². The minimum absolute atomic E-state index is 0.0233. The lowest BCUT2D eigenvalue weighted by Gasteiger charge is -2.59.